The normalized spacial score (nSPS) is 15.6. The lowest BCUT2D eigenvalue weighted by Gasteiger charge is -2.36. The van der Waals surface area contributed by atoms with Crippen LogP contribution in [0.5, 0.6) is 0 Å². The number of benzene rings is 2. The van der Waals surface area contributed by atoms with Crippen LogP contribution in [0.15, 0.2) is 54.6 Å². The van der Waals surface area contributed by atoms with Crippen molar-refractivity contribution in [3.63, 3.8) is 0 Å². The Bertz CT molecular complexity index is 757. The molecule has 144 valence electrons. The quantitative estimate of drug-likeness (QED) is 0.860. The highest BCUT2D eigenvalue weighted by atomic mass is 19.4. The number of carbonyl (C=O) groups is 1. The zero-order valence-corrected chi connectivity index (χ0v) is 14.9. The highest BCUT2D eigenvalue weighted by Crippen LogP contribution is 2.34. The van der Waals surface area contributed by atoms with Crippen LogP contribution in [0.2, 0.25) is 0 Å². The predicted molar refractivity (Wildman–Crippen MR) is 99.8 cm³/mol. The molecule has 1 heterocycles. The Kier molecular flexibility index (Phi) is 6.01. The Labute approximate surface area is 156 Å². The van der Waals surface area contributed by atoms with Crippen LogP contribution in [0.25, 0.3) is 0 Å². The van der Waals surface area contributed by atoms with Gasteiger partial charge in [0.2, 0.25) is 5.91 Å². The summed E-state index contributed by atoms with van der Waals surface area (Å²) in [6.07, 6.45) is -4.32. The standard InChI is InChI=1S/C20H22F3N3O/c21-20(22,23)17-8-4-5-9-18(17)24-19(27)10-11-25-12-14-26(15-13-25)16-6-2-1-3-7-16/h1-9H,10-15H2,(H,24,27). The van der Waals surface area contributed by atoms with Crippen molar-refractivity contribution in [1.29, 1.82) is 0 Å². The van der Waals surface area contributed by atoms with Crippen LogP contribution in [0.4, 0.5) is 24.5 Å². The fraction of sp³-hybridized carbons (Fsp3) is 0.350. The zero-order chi connectivity index (χ0) is 19.3. The van der Waals surface area contributed by atoms with E-state index in [-0.39, 0.29) is 12.1 Å². The van der Waals surface area contributed by atoms with Gasteiger partial charge in [0.25, 0.3) is 0 Å². The summed E-state index contributed by atoms with van der Waals surface area (Å²) in [6.45, 7) is 3.90. The summed E-state index contributed by atoms with van der Waals surface area (Å²) in [5.74, 6) is -0.405. The van der Waals surface area contributed by atoms with E-state index in [2.05, 4.69) is 27.2 Å². The fourth-order valence-electron chi connectivity index (χ4n) is 3.18. The lowest BCUT2D eigenvalue weighted by atomic mass is 10.1. The molecule has 1 aliphatic heterocycles. The number of amides is 1. The molecule has 0 spiro atoms. The maximum atomic E-state index is 13.0. The van der Waals surface area contributed by atoms with E-state index >= 15 is 0 Å². The highest BCUT2D eigenvalue weighted by Gasteiger charge is 2.33. The van der Waals surface area contributed by atoms with Crippen LogP contribution in [0, 0.1) is 0 Å². The molecule has 1 amide bonds. The van der Waals surface area contributed by atoms with Gasteiger partial charge in [-0.1, -0.05) is 30.3 Å². The third-order valence-corrected chi connectivity index (χ3v) is 4.66. The number of nitrogens with zero attached hydrogens (tertiary/aromatic N) is 2. The van der Waals surface area contributed by atoms with Gasteiger partial charge in [-0.05, 0) is 24.3 Å². The topological polar surface area (TPSA) is 35.6 Å². The number of piperazine rings is 1. The van der Waals surface area contributed by atoms with Gasteiger partial charge >= 0.3 is 6.18 Å². The molecule has 2 aromatic carbocycles. The van der Waals surface area contributed by atoms with Gasteiger partial charge in [-0.15, -0.1) is 0 Å². The fourth-order valence-corrected chi connectivity index (χ4v) is 3.18. The van der Waals surface area contributed by atoms with Crippen molar-refractivity contribution in [2.45, 2.75) is 12.6 Å². The van der Waals surface area contributed by atoms with E-state index < -0.39 is 17.6 Å². The first-order chi connectivity index (χ1) is 12.9. The third kappa shape index (κ3) is 5.23. The van der Waals surface area contributed by atoms with Crippen LogP contribution < -0.4 is 10.2 Å². The summed E-state index contributed by atoms with van der Waals surface area (Å²) in [5, 5.41) is 2.40. The maximum Gasteiger partial charge on any atom is 0.418 e. The van der Waals surface area contributed by atoms with Crippen molar-refractivity contribution in [1.82, 2.24) is 4.90 Å². The number of hydrogen-bond donors (Lipinski definition) is 1. The Morgan fingerprint density at radius 2 is 1.56 bits per heavy atom. The smallest absolute Gasteiger partial charge is 0.369 e. The second-order valence-electron chi connectivity index (χ2n) is 6.51. The van der Waals surface area contributed by atoms with Gasteiger partial charge in [0.1, 0.15) is 0 Å². The molecule has 27 heavy (non-hydrogen) atoms. The Morgan fingerprint density at radius 3 is 2.22 bits per heavy atom. The molecule has 0 atom stereocenters. The number of halogens is 3. The molecule has 1 fully saturated rings. The first-order valence-electron chi connectivity index (χ1n) is 8.92. The van der Waals surface area contributed by atoms with Crippen LogP contribution in [-0.4, -0.2) is 43.5 Å². The molecular formula is C20H22F3N3O. The van der Waals surface area contributed by atoms with E-state index in [1.165, 1.54) is 23.9 Å². The van der Waals surface area contributed by atoms with Crippen molar-refractivity contribution in [3.8, 4) is 0 Å². The zero-order valence-electron chi connectivity index (χ0n) is 14.9. The summed E-state index contributed by atoms with van der Waals surface area (Å²) in [7, 11) is 0. The SMILES string of the molecule is O=C(CCN1CCN(c2ccccc2)CC1)Nc1ccccc1C(F)(F)F. The largest absolute Gasteiger partial charge is 0.418 e. The maximum absolute atomic E-state index is 13.0. The van der Waals surface area contributed by atoms with Gasteiger partial charge in [0.05, 0.1) is 11.3 Å². The van der Waals surface area contributed by atoms with Gasteiger partial charge in [-0.2, -0.15) is 13.2 Å². The molecule has 0 aromatic heterocycles. The van der Waals surface area contributed by atoms with Gasteiger partial charge in [-0.3, -0.25) is 9.69 Å². The van der Waals surface area contributed by atoms with Crippen molar-refractivity contribution in [2.24, 2.45) is 0 Å². The van der Waals surface area contributed by atoms with Gasteiger partial charge < -0.3 is 10.2 Å². The third-order valence-electron chi connectivity index (χ3n) is 4.66. The summed E-state index contributed by atoms with van der Waals surface area (Å²) in [6, 6.07) is 15.2. The van der Waals surface area contributed by atoms with E-state index in [0.717, 1.165) is 32.2 Å². The molecule has 7 heteroatoms. The number of carbonyl (C=O) groups excluding carboxylic acids is 1. The average molecular weight is 377 g/mol. The highest BCUT2D eigenvalue weighted by molar-refractivity contribution is 5.91. The number of para-hydroxylation sites is 2. The summed E-state index contributed by atoms with van der Waals surface area (Å²) < 4.78 is 39.0. The van der Waals surface area contributed by atoms with E-state index in [1.54, 1.807) is 0 Å². The summed E-state index contributed by atoms with van der Waals surface area (Å²) >= 11 is 0. The summed E-state index contributed by atoms with van der Waals surface area (Å²) in [4.78, 5) is 16.6. The minimum absolute atomic E-state index is 0.164. The molecular weight excluding hydrogens is 355 g/mol. The molecule has 1 saturated heterocycles. The van der Waals surface area contributed by atoms with E-state index in [0.29, 0.717) is 6.54 Å². The van der Waals surface area contributed by atoms with Crippen molar-refractivity contribution < 1.29 is 18.0 Å². The molecule has 3 rings (SSSR count). The number of anilines is 2. The first-order valence-corrected chi connectivity index (χ1v) is 8.92. The average Bonchev–Trinajstić information content (AvgIpc) is 2.67. The van der Waals surface area contributed by atoms with Crippen LogP contribution in [-0.2, 0) is 11.0 Å². The van der Waals surface area contributed by atoms with E-state index in [4.69, 9.17) is 0 Å². The second-order valence-corrected chi connectivity index (χ2v) is 6.51. The monoisotopic (exact) mass is 377 g/mol. The molecule has 1 N–H and O–H groups in total. The van der Waals surface area contributed by atoms with Crippen LogP contribution >= 0.6 is 0 Å². The molecule has 0 radical (unpaired) electrons. The molecule has 0 saturated carbocycles. The molecule has 0 aliphatic carbocycles. The van der Waals surface area contributed by atoms with Gasteiger partial charge in [0, 0.05) is 44.8 Å². The van der Waals surface area contributed by atoms with Gasteiger partial charge in [0.15, 0.2) is 0 Å². The van der Waals surface area contributed by atoms with Crippen molar-refractivity contribution in [3.05, 3.63) is 60.2 Å². The second kappa shape index (κ2) is 8.43. The lowest BCUT2D eigenvalue weighted by molar-refractivity contribution is -0.137. The predicted octanol–water partition coefficient (Wildman–Crippen LogP) is 3.86. The molecule has 0 bridgehead atoms. The number of alkyl halides is 3. The lowest BCUT2D eigenvalue weighted by Crippen LogP contribution is -2.47. The number of hydrogen-bond acceptors (Lipinski definition) is 3. The Balaban J connectivity index is 1.47. The Hall–Kier alpha value is -2.54. The van der Waals surface area contributed by atoms with E-state index in [9.17, 15) is 18.0 Å². The van der Waals surface area contributed by atoms with E-state index in [1.807, 2.05) is 18.2 Å². The minimum Gasteiger partial charge on any atom is -0.369 e. The van der Waals surface area contributed by atoms with Crippen molar-refractivity contribution >= 4 is 17.3 Å². The van der Waals surface area contributed by atoms with Crippen molar-refractivity contribution in [2.75, 3.05) is 42.9 Å². The molecule has 4 nitrogen and oxygen atoms in total. The first kappa shape index (κ1) is 19.2. The van der Waals surface area contributed by atoms with Crippen LogP contribution in [0.1, 0.15) is 12.0 Å². The number of rotatable bonds is 5. The Morgan fingerprint density at radius 1 is 0.926 bits per heavy atom. The van der Waals surface area contributed by atoms with Gasteiger partial charge in [-0.25, -0.2) is 0 Å². The minimum atomic E-state index is -4.49. The molecule has 2 aromatic rings. The summed E-state index contributed by atoms with van der Waals surface area (Å²) in [5.41, 5.74) is 0.164. The number of nitrogens with one attached hydrogen (secondary N) is 1. The molecule has 0 unspecified atom stereocenters. The van der Waals surface area contributed by atoms with Crippen LogP contribution in [0.3, 0.4) is 0 Å². The molecule has 1 aliphatic rings.